The Morgan fingerprint density at radius 1 is 1.00 bits per heavy atom. The van der Waals surface area contributed by atoms with E-state index in [1.54, 1.807) is 55.3 Å². The number of ether oxygens (including phenoxy) is 3. The molecule has 0 fully saturated rings. The molecule has 3 aromatic carbocycles. The van der Waals surface area contributed by atoms with Crippen molar-refractivity contribution < 1.29 is 33.7 Å². The van der Waals surface area contributed by atoms with Crippen LogP contribution in [0, 0.1) is 5.92 Å². The van der Waals surface area contributed by atoms with Gasteiger partial charge in [-0.2, -0.15) is 0 Å². The van der Waals surface area contributed by atoms with Crippen LogP contribution in [0.4, 0.5) is 16.2 Å². The van der Waals surface area contributed by atoms with E-state index in [1.165, 1.54) is 4.90 Å². The van der Waals surface area contributed by atoms with Crippen molar-refractivity contribution in [2.75, 3.05) is 44.2 Å². The first-order valence-electron chi connectivity index (χ1n) is 14.2. The number of amides is 4. The van der Waals surface area contributed by atoms with Gasteiger partial charge in [-0.1, -0.05) is 37.3 Å². The van der Waals surface area contributed by atoms with E-state index in [-0.39, 0.29) is 55.7 Å². The molecule has 0 saturated carbocycles. The van der Waals surface area contributed by atoms with Gasteiger partial charge in [-0.25, -0.2) is 4.79 Å². The molecule has 2 aliphatic rings. The summed E-state index contributed by atoms with van der Waals surface area (Å²) >= 11 is 0. The fourth-order valence-electron chi connectivity index (χ4n) is 5.05. The Kier molecular flexibility index (Phi) is 9.01. The van der Waals surface area contributed by atoms with Crippen LogP contribution in [-0.4, -0.2) is 78.4 Å². The number of urea groups is 1. The summed E-state index contributed by atoms with van der Waals surface area (Å²) in [7, 11) is 1.67. The largest absolute Gasteiger partial charge is 0.487 e. The molecule has 0 bridgehead atoms. The van der Waals surface area contributed by atoms with Crippen molar-refractivity contribution in [1.82, 2.24) is 9.80 Å². The van der Waals surface area contributed by atoms with E-state index in [0.29, 0.717) is 35.2 Å². The van der Waals surface area contributed by atoms with Crippen LogP contribution in [0.5, 0.6) is 17.2 Å². The zero-order chi connectivity index (χ0) is 30.5. The molecule has 0 spiro atoms. The number of aliphatic hydroxyl groups is 1. The van der Waals surface area contributed by atoms with Crippen LogP contribution < -0.4 is 24.8 Å². The summed E-state index contributed by atoms with van der Waals surface area (Å²) in [5, 5.41) is 15.7. The Labute approximate surface area is 250 Å². The van der Waals surface area contributed by atoms with Crippen LogP contribution in [0.1, 0.15) is 29.8 Å². The van der Waals surface area contributed by atoms with Crippen LogP contribution in [0.15, 0.2) is 66.7 Å². The number of carbonyl (C=O) groups is 3. The molecule has 43 heavy (non-hydrogen) atoms. The van der Waals surface area contributed by atoms with Crippen LogP contribution in [0.2, 0.25) is 0 Å². The molecule has 11 heteroatoms. The van der Waals surface area contributed by atoms with E-state index in [2.05, 4.69) is 10.6 Å². The van der Waals surface area contributed by atoms with E-state index < -0.39 is 12.1 Å². The van der Waals surface area contributed by atoms with Gasteiger partial charge in [0.1, 0.15) is 11.9 Å². The quantitative estimate of drug-likeness (QED) is 0.363. The van der Waals surface area contributed by atoms with E-state index in [9.17, 15) is 19.5 Å². The van der Waals surface area contributed by atoms with Crippen molar-refractivity contribution in [1.29, 1.82) is 0 Å². The monoisotopic (exact) mass is 588 g/mol. The number of nitrogens with zero attached hydrogens (tertiary/aromatic N) is 2. The number of anilines is 2. The lowest BCUT2D eigenvalue weighted by Gasteiger charge is -2.38. The molecule has 5 rings (SSSR count). The predicted octanol–water partition coefficient (Wildman–Crippen LogP) is 3.98. The molecule has 2 aliphatic heterocycles. The third-order valence-corrected chi connectivity index (χ3v) is 7.58. The number of benzene rings is 3. The fraction of sp³-hybridized carbons (Fsp3) is 0.344. The Bertz CT molecular complexity index is 1480. The average Bonchev–Trinajstić information content (AvgIpc) is 3.47. The third-order valence-electron chi connectivity index (χ3n) is 7.58. The van der Waals surface area contributed by atoms with Crippen molar-refractivity contribution in [3.8, 4) is 17.2 Å². The fourth-order valence-corrected chi connectivity index (χ4v) is 5.05. The standard InChI is InChI=1S/C32H36N4O7/c1-20-16-36(21(2)18-37)31(39)25-14-23(33-30(38)13-22-7-5-4-6-8-22)9-11-26(25)43-29(20)17-35(3)32(40)34-24-10-12-27-28(15-24)42-19-41-27/h4-12,14-15,20-21,29,37H,13,16-19H2,1-3H3,(H,33,38)(H,34,40)/t20-,21+,29+/m0/s1. The lowest BCUT2D eigenvalue weighted by atomic mass is 9.99. The summed E-state index contributed by atoms with van der Waals surface area (Å²) in [4.78, 5) is 42.7. The molecule has 0 unspecified atom stereocenters. The molecule has 2 heterocycles. The number of rotatable bonds is 8. The highest BCUT2D eigenvalue weighted by atomic mass is 16.7. The molecule has 226 valence electrons. The van der Waals surface area contributed by atoms with E-state index in [1.807, 2.05) is 37.3 Å². The minimum absolute atomic E-state index is 0.140. The van der Waals surface area contributed by atoms with Gasteiger partial charge in [0.25, 0.3) is 5.91 Å². The number of fused-ring (bicyclic) bond motifs is 2. The maximum atomic E-state index is 13.7. The molecular weight excluding hydrogens is 552 g/mol. The normalized spacial score (nSPS) is 18.0. The van der Waals surface area contributed by atoms with Gasteiger partial charge >= 0.3 is 6.03 Å². The summed E-state index contributed by atoms with van der Waals surface area (Å²) < 4.78 is 17.1. The van der Waals surface area contributed by atoms with Gasteiger partial charge in [-0.15, -0.1) is 0 Å². The minimum atomic E-state index is -0.480. The molecular formula is C32H36N4O7. The number of hydrogen-bond acceptors (Lipinski definition) is 7. The zero-order valence-electron chi connectivity index (χ0n) is 24.4. The van der Waals surface area contributed by atoms with Crippen LogP contribution >= 0.6 is 0 Å². The number of likely N-dealkylation sites (N-methyl/N-ethyl adjacent to an activating group) is 1. The predicted molar refractivity (Wildman–Crippen MR) is 161 cm³/mol. The molecule has 4 amide bonds. The summed E-state index contributed by atoms with van der Waals surface area (Å²) in [5.41, 5.74) is 2.16. The van der Waals surface area contributed by atoms with Gasteiger partial charge in [-0.05, 0) is 42.8 Å². The van der Waals surface area contributed by atoms with Gasteiger partial charge in [0.2, 0.25) is 12.7 Å². The molecule has 0 radical (unpaired) electrons. The van der Waals surface area contributed by atoms with Gasteiger partial charge in [0.05, 0.1) is 31.2 Å². The smallest absolute Gasteiger partial charge is 0.321 e. The van der Waals surface area contributed by atoms with Crippen molar-refractivity contribution in [3.05, 3.63) is 77.9 Å². The van der Waals surface area contributed by atoms with Crippen molar-refractivity contribution in [2.24, 2.45) is 5.92 Å². The Morgan fingerprint density at radius 3 is 2.44 bits per heavy atom. The summed E-state index contributed by atoms with van der Waals surface area (Å²) in [6.45, 7) is 4.17. The first-order chi connectivity index (χ1) is 20.7. The molecule has 0 aromatic heterocycles. The number of carbonyl (C=O) groups excluding carboxylic acids is 3. The highest BCUT2D eigenvalue weighted by Gasteiger charge is 2.34. The molecule has 0 aliphatic carbocycles. The highest BCUT2D eigenvalue weighted by Crippen LogP contribution is 2.34. The lowest BCUT2D eigenvalue weighted by Crippen LogP contribution is -2.50. The second-order valence-electron chi connectivity index (χ2n) is 10.9. The van der Waals surface area contributed by atoms with Gasteiger partial charge in [0.15, 0.2) is 11.5 Å². The van der Waals surface area contributed by atoms with Crippen LogP contribution in [0.3, 0.4) is 0 Å². The summed E-state index contributed by atoms with van der Waals surface area (Å²) in [6, 6.07) is 18.7. The second-order valence-corrected chi connectivity index (χ2v) is 10.9. The Hall–Kier alpha value is -4.77. The lowest BCUT2D eigenvalue weighted by molar-refractivity contribution is -0.115. The third kappa shape index (κ3) is 7.00. The maximum absolute atomic E-state index is 13.7. The molecule has 3 N–H and O–H groups in total. The first-order valence-corrected chi connectivity index (χ1v) is 14.2. The van der Waals surface area contributed by atoms with E-state index >= 15 is 0 Å². The molecule has 3 aromatic rings. The number of hydrogen-bond donors (Lipinski definition) is 3. The number of nitrogens with one attached hydrogen (secondary N) is 2. The first kappa shape index (κ1) is 29.7. The maximum Gasteiger partial charge on any atom is 0.321 e. The summed E-state index contributed by atoms with van der Waals surface area (Å²) in [5.74, 6) is 0.811. The second kappa shape index (κ2) is 13.0. The van der Waals surface area contributed by atoms with Gasteiger partial charge in [-0.3, -0.25) is 9.59 Å². The van der Waals surface area contributed by atoms with E-state index in [0.717, 1.165) is 5.56 Å². The Morgan fingerprint density at radius 2 is 1.70 bits per heavy atom. The molecule has 0 saturated heterocycles. The van der Waals surface area contributed by atoms with Gasteiger partial charge < -0.3 is 39.8 Å². The molecule has 11 nitrogen and oxygen atoms in total. The van der Waals surface area contributed by atoms with E-state index in [4.69, 9.17) is 14.2 Å². The summed E-state index contributed by atoms with van der Waals surface area (Å²) in [6.07, 6.45) is -0.290. The van der Waals surface area contributed by atoms with Crippen molar-refractivity contribution in [2.45, 2.75) is 32.4 Å². The van der Waals surface area contributed by atoms with Crippen LogP contribution in [0.25, 0.3) is 0 Å². The van der Waals surface area contributed by atoms with Crippen LogP contribution in [-0.2, 0) is 11.2 Å². The minimum Gasteiger partial charge on any atom is -0.487 e. The van der Waals surface area contributed by atoms with Crippen molar-refractivity contribution >= 4 is 29.2 Å². The highest BCUT2D eigenvalue weighted by molar-refractivity contribution is 6.00. The van der Waals surface area contributed by atoms with Crippen molar-refractivity contribution in [3.63, 3.8) is 0 Å². The SMILES string of the molecule is C[C@H](CO)N1C[C@H](C)[C@@H](CN(C)C(=O)Nc2ccc3c(c2)OCO3)Oc2ccc(NC(=O)Cc3ccccc3)cc2C1=O. The number of aliphatic hydroxyl groups excluding tert-OH is 1. The molecule has 3 atom stereocenters. The average molecular weight is 589 g/mol. The topological polar surface area (TPSA) is 130 Å². The zero-order valence-corrected chi connectivity index (χ0v) is 24.4. The van der Waals surface area contributed by atoms with Gasteiger partial charge in [0, 0.05) is 37.0 Å². The Balaban J connectivity index is 1.33.